The Labute approximate surface area is 176 Å². The summed E-state index contributed by atoms with van der Waals surface area (Å²) >= 11 is 16.8. The molecule has 0 aliphatic heterocycles. The largest absolute Gasteiger partial charge is 0.496 e. The lowest BCUT2D eigenvalue weighted by Crippen LogP contribution is -2.23. The fraction of sp³-hybridized carbons (Fsp3) is 0.0556. The van der Waals surface area contributed by atoms with Crippen LogP contribution in [0, 0.1) is 0 Å². The molecule has 4 rings (SSSR count). The monoisotopic (exact) mass is 481 g/mol. The zero-order valence-electron chi connectivity index (χ0n) is 13.7. The van der Waals surface area contributed by atoms with Crippen molar-refractivity contribution >= 4 is 61.5 Å². The zero-order valence-corrected chi connectivity index (χ0v) is 17.7. The minimum absolute atomic E-state index is 0.249. The van der Waals surface area contributed by atoms with Gasteiger partial charge in [0.05, 0.1) is 16.7 Å². The molecule has 2 aromatic heterocycles. The van der Waals surface area contributed by atoms with Crippen LogP contribution in [0.15, 0.2) is 45.7 Å². The van der Waals surface area contributed by atoms with E-state index in [9.17, 15) is 4.79 Å². The first-order valence-electron chi connectivity index (χ1n) is 7.66. The highest BCUT2D eigenvalue weighted by Gasteiger charge is 2.15. The minimum Gasteiger partial charge on any atom is -0.496 e. The van der Waals surface area contributed by atoms with E-state index in [1.54, 1.807) is 31.4 Å². The molecule has 5 nitrogen and oxygen atoms in total. The van der Waals surface area contributed by atoms with Crippen LogP contribution in [0.2, 0.25) is 10.0 Å². The molecule has 0 saturated carbocycles. The van der Waals surface area contributed by atoms with Gasteiger partial charge in [-0.3, -0.25) is 4.79 Å². The Morgan fingerprint density at radius 2 is 2.04 bits per heavy atom. The van der Waals surface area contributed by atoms with Crippen molar-refractivity contribution in [1.29, 1.82) is 0 Å². The average molecular weight is 483 g/mol. The number of hydrogen-bond donors (Lipinski definition) is 0. The van der Waals surface area contributed by atoms with Crippen molar-refractivity contribution in [2.75, 3.05) is 7.11 Å². The molecule has 0 unspecified atom stereocenters. The van der Waals surface area contributed by atoms with Gasteiger partial charge >= 0.3 is 0 Å². The van der Waals surface area contributed by atoms with Gasteiger partial charge in [-0.25, -0.2) is 0 Å². The average Bonchev–Trinajstić information content (AvgIpc) is 3.15. The second-order valence-corrected chi connectivity index (χ2v) is 8.32. The maximum atomic E-state index is 12.7. The summed E-state index contributed by atoms with van der Waals surface area (Å²) in [4.78, 5) is 17.7. The third-order valence-corrected chi connectivity index (χ3v) is 5.83. The number of aromatic nitrogens is 3. The molecule has 4 aromatic rings. The summed E-state index contributed by atoms with van der Waals surface area (Å²) in [6, 6.07) is 10.6. The molecule has 0 bridgehead atoms. The van der Waals surface area contributed by atoms with E-state index in [2.05, 4.69) is 26.0 Å². The molecule has 0 atom stereocenters. The molecular formula is C18H10BrCl2N3O2S. The predicted octanol–water partition coefficient (Wildman–Crippen LogP) is 4.44. The summed E-state index contributed by atoms with van der Waals surface area (Å²) < 4.78 is 8.03. The molecule has 27 heavy (non-hydrogen) atoms. The van der Waals surface area contributed by atoms with Crippen LogP contribution in [-0.4, -0.2) is 21.7 Å². The number of ether oxygens (including phenoxy) is 1. The van der Waals surface area contributed by atoms with E-state index >= 15 is 0 Å². The molecule has 2 heterocycles. The van der Waals surface area contributed by atoms with E-state index in [1.807, 2.05) is 18.2 Å². The van der Waals surface area contributed by atoms with Crippen molar-refractivity contribution in [3.63, 3.8) is 0 Å². The highest BCUT2D eigenvalue weighted by molar-refractivity contribution is 9.10. The van der Waals surface area contributed by atoms with Crippen molar-refractivity contribution in [3.8, 4) is 17.1 Å². The third-order valence-electron chi connectivity index (χ3n) is 3.83. The van der Waals surface area contributed by atoms with Crippen LogP contribution in [0.25, 0.3) is 22.4 Å². The van der Waals surface area contributed by atoms with Crippen molar-refractivity contribution in [3.05, 3.63) is 71.4 Å². The summed E-state index contributed by atoms with van der Waals surface area (Å²) in [5.41, 5.74) is 1.16. The number of benzene rings is 2. The molecule has 0 fully saturated rings. The highest BCUT2D eigenvalue weighted by Crippen LogP contribution is 2.28. The molecule has 0 spiro atoms. The van der Waals surface area contributed by atoms with Gasteiger partial charge in [0.25, 0.3) is 5.56 Å². The number of nitrogens with zero attached hydrogens (tertiary/aromatic N) is 3. The van der Waals surface area contributed by atoms with E-state index in [-0.39, 0.29) is 5.56 Å². The molecule has 0 N–H and O–H groups in total. The van der Waals surface area contributed by atoms with Gasteiger partial charge in [0, 0.05) is 20.6 Å². The first-order valence-corrected chi connectivity index (χ1v) is 10.0. The number of rotatable bonds is 3. The summed E-state index contributed by atoms with van der Waals surface area (Å²) in [5, 5.41) is 5.26. The van der Waals surface area contributed by atoms with Crippen molar-refractivity contribution in [2.45, 2.75) is 0 Å². The Morgan fingerprint density at radius 3 is 2.74 bits per heavy atom. The maximum absolute atomic E-state index is 12.7. The van der Waals surface area contributed by atoms with E-state index in [0.717, 1.165) is 10.0 Å². The zero-order chi connectivity index (χ0) is 19.1. The maximum Gasteiger partial charge on any atom is 0.291 e. The Bertz CT molecular complexity index is 1290. The van der Waals surface area contributed by atoms with Crippen molar-refractivity contribution in [2.24, 2.45) is 0 Å². The van der Waals surface area contributed by atoms with Crippen molar-refractivity contribution in [1.82, 2.24) is 14.6 Å². The fourth-order valence-corrected chi connectivity index (χ4v) is 4.35. The van der Waals surface area contributed by atoms with Crippen molar-refractivity contribution < 1.29 is 4.74 Å². The summed E-state index contributed by atoms with van der Waals surface area (Å²) in [6.45, 7) is 0. The molecule has 0 radical (unpaired) electrons. The van der Waals surface area contributed by atoms with Gasteiger partial charge in [-0.1, -0.05) is 50.5 Å². The molecule has 9 heteroatoms. The molecular weight excluding hydrogens is 473 g/mol. The first kappa shape index (κ1) is 18.4. The lowest BCUT2D eigenvalue weighted by molar-refractivity contribution is 0.414. The van der Waals surface area contributed by atoms with Gasteiger partial charge in [-0.2, -0.15) is 9.50 Å². The molecule has 136 valence electrons. The van der Waals surface area contributed by atoms with Crippen LogP contribution in [0.4, 0.5) is 0 Å². The quantitative estimate of drug-likeness (QED) is 0.433. The van der Waals surface area contributed by atoms with Gasteiger partial charge in [-0.05, 0) is 42.5 Å². The van der Waals surface area contributed by atoms with Gasteiger partial charge in [0.2, 0.25) is 4.96 Å². The van der Waals surface area contributed by atoms with E-state index < -0.39 is 0 Å². The van der Waals surface area contributed by atoms with Crippen LogP contribution < -0.4 is 14.8 Å². The number of methoxy groups -OCH3 is 1. The third kappa shape index (κ3) is 3.48. The normalized spacial score (nSPS) is 12.1. The molecule has 0 aliphatic rings. The Balaban J connectivity index is 1.84. The molecule has 0 aliphatic carbocycles. The SMILES string of the molecule is COc1ccc(Br)cc1/C=c1\sc2nc(-c3ccc(Cl)cc3Cl)nn2c1=O. The minimum atomic E-state index is -0.249. The Hall–Kier alpha value is -1.93. The van der Waals surface area contributed by atoms with Crippen LogP contribution in [-0.2, 0) is 0 Å². The predicted molar refractivity (Wildman–Crippen MR) is 112 cm³/mol. The molecule has 2 aromatic carbocycles. The lowest BCUT2D eigenvalue weighted by Gasteiger charge is -2.04. The molecule has 0 saturated heterocycles. The van der Waals surface area contributed by atoms with Crippen LogP contribution in [0.3, 0.4) is 0 Å². The standard InChI is InChI=1S/C18H10BrCl2N3O2S/c1-26-14-5-2-10(19)6-9(14)7-15-17(25)24-18(27-15)22-16(23-24)12-4-3-11(20)8-13(12)21/h2-8H,1H3/b15-7-. The summed E-state index contributed by atoms with van der Waals surface area (Å²) in [6.07, 6.45) is 1.77. The van der Waals surface area contributed by atoms with Crippen LogP contribution in [0.5, 0.6) is 5.75 Å². The summed E-state index contributed by atoms with van der Waals surface area (Å²) in [7, 11) is 1.59. The first-order chi connectivity index (χ1) is 13.0. The van der Waals surface area contributed by atoms with Gasteiger partial charge < -0.3 is 4.74 Å². The van der Waals surface area contributed by atoms with Crippen LogP contribution in [0.1, 0.15) is 5.56 Å². The number of thiazole rings is 1. The molecule has 0 amide bonds. The van der Waals surface area contributed by atoms with Gasteiger partial charge in [0.1, 0.15) is 5.75 Å². The fourth-order valence-electron chi connectivity index (χ4n) is 2.58. The van der Waals surface area contributed by atoms with Gasteiger partial charge in [0.15, 0.2) is 5.82 Å². The smallest absolute Gasteiger partial charge is 0.291 e. The Kier molecular flexibility index (Phi) is 4.94. The summed E-state index contributed by atoms with van der Waals surface area (Å²) in [5.74, 6) is 1.05. The van der Waals surface area contributed by atoms with E-state index in [0.29, 0.717) is 36.7 Å². The second-order valence-electron chi connectivity index (χ2n) is 5.56. The Morgan fingerprint density at radius 1 is 1.22 bits per heavy atom. The van der Waals surface area contributed by atoms with Crippen LogP contribution >= 0.6 is 50.5 Å². The number of fused-ring (bicyclic) bond motifs is 1. The van der Waals surface area contributed by atoms with E-state index in [4.69, 9.17) is 27.9 Å². The number of halogens is 3. The van der Waals surface area contributed by atoms with E-state index in [1.165, 1.54) is 15.9 Å². The lowest BCUT2D eigenvalue weighted by atomic mass is 10.2. The second kappa shape index (κ2) is 7.24. The van der Waals surface area contributed by atoms with Gasteiger partial charge in [-0.15, -0.1) is 5.10 Å². The topological polar surface area (TPSA) is 56.5 Å². The highest BCUT2D eigenvalue weighted by atomic mass is 79.9. The number of hydrogen-bond acceptors (Lipinski definition) is 5.